The molecule has 1 aromatic carbocycles. The number of carbonyl (C=O) groups excluding carboxylic acids is 2. The minimum atomic E-state index is -0.194. The quantitative estimate of drug-likeness (QED) is 0.910. The van der Waals surface area contributed by atoms with Gasteiger partial charge in [0.25, 0.3) is 5.91 Å². The van der Waals surface area contributed by atoms with Crippen LogP contribution in [0.25, 0.3) is 0 Å². The molecule has 1 unspecified atom stereocenters. The van der Waals surface area contributed by atoms with Gasteiger partial charge in [-0.15, -0.1) is 11.3 Å². The molecule has 1 fully saturated rings. The highest BCUT2D eigenvalue weighted by Crippen LogP contribution is 2.17. The van der Waals surface area contributed by atoms with E-state index >= 15 is 0 Å². The summed E-state index contributed by atoms with van der Waals surface area (Å²) in [4.78, 5) is 26.7. The molecular weight excluding hydrogens is 312 g/mol. The SMILES string of the molecule is O=C(Cc1cccs1)NCC1CN(c2ccccc2)C(=O)CO1. The molecule has 0 radical (unpaired) electrons. The second-order valence-corrected chi connectivity index (χ2v) is 6.37. The van der Waals surface area contributed by atoms with E-state index in [1.165, 1.54) is 0 Å². The first-order valence-electron chi connectivity index (χ1n) is 7.48. The Bertz CT molecular complexity index is 658. The molecule has 1 saturated heterocycles. The third kappa shape index (κ3) is 4.18. The Morgan fingerprint density at radius 1 is 1.26 bits per heavy atom. The molecule has 0 saturated carbocycles. The third-order valence-electron chi connectivity index (χ3n) is 3.64. The monoisotopic (exact) mass is 330 g/mol. The van der Waals surface area contributed by atoms with E-state index in [0.29, 0.717) is 19.5 Å². The average Bonchev–Trinajstić information content (AvgIpc) is 3.08. The van der Waals surface area contributed by atoms with Crippen LogP contribution in [0.2, 0.25) is 0 Å². The Hall–Kier alpha value is -2.18. The molecule has 1 aromatic heterocycles. The van der Waals surface area contributed by atoms with Crippen LogP contribution < -0.4 is 10.2 Å². The molecule has 1 aliphatic rings. The summed E-state index contributed by atoms with van der Waals surface area (Å²) in [7, 11) is 0. The number of amides is 2. The van der Waals surface area contributed by atoms with Gasteiger partial charge in [0, 0.05) is 17.1 Å². The average molecular weight is 330 g/mol. The van der Waals surface area contributed by atoms with Crippen molar-refractivity contribution in [3.8, 4) is 0 Å². The van der Waals surface area contributed by atoms with Crippen molar-refractivity contribution in [2.45, 2.75) is 12.5 Å². The molecule has 2 aromatic rings. The van der Waals surface area contributed by atoms with Crippen molar-refractivity contribution >= 4 is 28.8 Å². The summed E-state index contributed by atoms with van der Waals surface area (Å²) in [5, 5.41) is 4.84. The fourth-order valence-corrected chi connectivity index (χ4v) is 3.17. The number of thiophene rings is 1. The van der Waals surface area contributed by atoms with Crippen LogP contribution in [0.3, 0.4) is 0 Å². The first kappa shape index (κ1) is 15.7. The maximum Gasteiger partial charge on any atom is 0.253 e. The molecule has 23 heavy (non-hydrogen) atoms. The standard InChI is InChI=1S/C17H18N2O3S/c20-16(9-15-7-4-8-23-15)18-10-14-11-19(17(21)12-22-14)13-5-2-1-3-6-13/h1-8,14H,9-12H2,(H,18,20). The highest BCUT2D eigenvalue weighted by molar-refractivity contribution is 7.10. The highest BCUT2D eigenvalue weighted by atomic mass is 32.1. The van der Waals surface area contributed by atoms with E-state index in [1.807, 2.05) is 47.8 Å². The summed E-state index contributed by atoms with van der Waals surface area (Å²) < 4.78 is 5.52. The van der Waals surface area contributed by atoms with Gasteiger partial charge in [-0.05, 0) is 23.6 Å². The lowest BCUT2D eigenvalue weighted by Crippen LogP contribution is -2.50. The summed E-state index contributed by atoms with van der Waals surface area (Å²) in [5.74, 6) is -0.0865. The lowest BCUT2D eigenvalue weighted by molar-refractivity contribution is -0.129. The zero-order valence-electron chi connectivity index (χ0n) is 12.6. The lowest BCUT2D eigenvalue weighted by atomic mass is 10.2. The summed E-state index contributed by atoms with van der Waals surface area (Å²) in [6.07, 6.45) is 0.186. The van der Waals surface area contributed by atoms with Gasteiger partial charge in [0.05, 0.1) is 19.1 Å². The van der Waals surface area contributed by atoms with Gasteiger partial charge >= 0.3 is 0 Å². The number of nitrogens with zero attached hydrogens (tertiary/aromatic N) is 1. The fraction of sp³-hybridized carbons (Fsp3) is 0.294. The minimum absolute atomic E-state index is 0.0285. The van der Waals surface area contributed by atoms with Crippen LogP contribution in [0, 0.1) is 0 Å². The predicted molar refractivity (Wildman–Crippen MR) is 89.6 cm³/mol. The van der Waals surface area contributed by atoms with Crippen molar-refractivity contribution in [1.82, 2.24) is 5.32 Å². The van der Waals surface area contributed by atoms with Crippen LogP contribution in [0.1, 0.15) is 4.88 Å². The molecule has 2 amide bonds. The molecule has 6 heteroatoms. The number of morpholine rings is 1. The second kappa shape index (κ2) is 7.39. The molecule has 0 spiro atoms. The van der Waals surface area contributed by atoms with Crippen LogP contribution in [0.4, 0.5) is 5.69 Å². The van der Waals surface area contributed by atoms with Gasteiger partial charge in [0.2, 0.25) is 5.91 Å². The maximum atomic E-state index is 12.0. The van der Waals surface area contributed by atoms with Crippen molar-refractivity contribution in [1.29, 1.82) is 0 Å². The molecule has 0 bridgehead atoms. The summed E-state index contributed by atoms with van der Waals surface area (Å²) in [6.45, 7) is 0.892. The number of para-hydroxylation sites is 1. The Morgan fingerprint density at radius 3 is 2.83 bits per heavy atom. The van der Waals surface area contributed by atoms with Crippen LogP contribution in [-0.2, 0) is 20.7 Å². The Balaban J connectivity index is 1.52. The number of hydrogen-bond donors (Lipinski definition) is 1. The van der Waals surface area contributed by atoms with Crippen molar-refractivity contribution in [2.24, 2.45) is 0 Å². The molecule has 2 heterocycles. The Morgan fingerprint density at radius 2 is 2.09 bits per heavy atom. The number of carbonyl (C=O) groups is 2. The van der Waals surface area contributed by atoms with Crippen molar-refractivity contribution in [3.63, 3.8) is 0 Å². The largest absolute Gasteiger partial charge is 0.365 e. The highest BCUT2D eigenvalue weighted by Gasteiger charge is 2.27. The molecule has 120 valence electrons. The molecule has 1 aliphatic heterocycles. The topological polar surface area (TPSA) is 58.6 Å². The van der Waals surface area contributed by atoms with Crippen LogP contribution in [-0.4, -0.2) is 37.6 Å². The smallest absolute Gasteiger partial charge is 0.253 e. The van der Waals surface area contributed by atoms with Gasteiger partial charge in [-0.3, -0.25) is 9.59 Å². The van der Waals surface area contributed by atoms with E-state index in [4.69, 9.17) is 4.74 Å². The Kier molecular flexibility index (Phi) is 5.05. The van der Waals surface area contributed by atoms with E-state index in [0.717, 1.165) is 10.6 Å². The molecule has 3 rings (SSSR count). The van der Waals surface area contributed by atoms with Crippen LogP contribution >= 0.6 is 11.3 Å². The first-order chi connectivity index (χ1) is 11.2. The van der Waals surface area contributed by atoms with Gasteiger partial charge in [-0.25, -0.2) is 0 Å². The minimum Gasteiger partial charge on any atom is -0.365 e. The number of ether oxygens (including phenoxy) is 1. The number of benzene rings is 1. The normalized spacial score (nSPS) is 18.0. The molecular formula is C17H18N2O3S. The van der Waals surface area contributed by atoms with Gasteiger partial charge in [0.1, 0.15) is 6.61 Å². The molecule has 5 nitrogen and oxygen atoms in total. The van der Waals surface area contributed by atoms with Gasteiger partial charge in [-0.1, -0.05) is 24.3 Å². The van der Waals surface area contributed by atoms with Gasteiger partial charge < -0.3 is 15.0 Å². The van der Waals surface area contributed by atoms with Crippen LogP contribution in [0.15, 0.2) is 47.8 Å². The Labute approximate surface area is 138 Å². The van der Waals surface area contributed by atoms with Crippen LogP contribution in [0.5, 0.6) is 0 Å². The number of nitrogens with one attached hydrogen (secondary N) is 1. The van der Waals surface area contributed by atoms with Crippen molar-refractivity contribution in [3.05, 3.63) is 52.7 Å². The summed E-state index contributed by atoms with van der Waals surface area (Å²) in [6, 6.07) is 13.4. The number of hydrogen-bond acceptors (Lipinski definition) is 4. The predicted octanol–water partition coefficient (Wildman–Crippen LogP) is 1.84. The van der Waals surface area contributed by atoms with E-state index in [9.17, 15) is 9.59 Å². The third-order valence-corrected chi connectivity index (χ3v) is 4.52. The first-order valence-corrected chi connectivity index (χ1v) is 8.36. The number of anilines is 1. The van der Waals surface area contributed by atoms with Crippen molar-refractivity contribution in [2.75, 3.05) is 24.6 Å². The van der Waals surface area contributed by atoms with E-state index in [2.05, 4.69) is 5.32 Å². The fourth-order valence-electron chi connectivity index (χ4n) is 2.47. The zero-order chi connectivity index (χ0) is 16.1. The van der Waals surface area contributed by atoms with E-state index < -0.39 is 0 Å². The van der Waals surface area contributed by atoms with E-state index in [-0.39, 0.29) is 24.5 Å². The van der Waals surface area contributed by atoms with Gasteiger partial charge in [0.15, 0.2) is 0 Å². The summed E-state index contributed by atoms with van der Waals surface area (Å²) >= 11 is 1.57. The van der Waals surface area contributed by atoms with Crippen molar-refractivity contribution < 1.29 is 14.3 Å². The molecule has 1 atom stereocenters. The second-order valence-electron chi connectivity index (χ2n) is 5.33. The number of rotatable bonds is 5. The zero-order valence-corrected chi connectivity index (χ0v) is 13.4. The molecule has 0 aliphatic carbocycles. The maximum absolute atomic E-state index is 12.0. The van der Waals surface area contributed by atoms with Gasteiger partial charge in [-0.2, -0.15) is 0 Å². The summed E-state index contributed by atoms with van der Waals surface area (Å²) in [5.41, 5.74) is 0.857. The molecule has 1 N–H and O–H groups in total. The van der Waals surface area contributed by atoms with E-state index in [1.54, 1.807) is 16.2 Å². The lowest BCUT2D eigenvalue weighted by Gasteiger charge is -2.32.